The van der Waals surface area contributed by atoms with Gasteiger partial charge < -0.3 is 30.3 Å². The van der Waals surface area contributed by atoms with E-state index in [-0.39, 0.29) is 30.2 Å². The molecule has 0 rings (SSSR count). The van der Waals surface area contributed by atoms with Gasteiger partial charge in [-0.3, -0.25) is 15.4 Å². The molecule has 0 aliphatic heterocycles. The lowest BCUT2D eigenvalue weighted by molar-refractivity contribution is -0.151. The Labute approximate surface area is 440 Å². The summed E-state index contributed by atoms with van der Waals surface area (Å²) in [6.07, 6.45) is 49.3. The van der Waals surface area contributed by atoms with E-state index in [0.717, 1.165) is 129 Å². The van der Waals surface area contributed by atoms with Crippen molar-refractivity contribution >= 4 is 11.9 Å². The molecule has 0 radical (unpaired) electrons. The number of rotatable bonds is 56. The van der Waals surface area contributed by atoms with Gasteiger partial charge in [-0.2, -0.15) is 0 Å². The van der Waals surface area contributed by atoms with E-state index in [4.69, 9.17) is 21.1 Å². The maximum Gasteiger partial charge on any atom is 0.306 e. The van der Waals surface area contributed by atoms with Crippen molar-refractivity contribution in [1.82, 2.24) is 9.91 Å². The van der Waals surface area contributed by atoms with Crippen LogP contribution in [0.1, 0.15) is 304 Å². The molecule has 422 valence electrons. The number of hydrogen-bond acceptors (Lipinski definition) is 10. The van der Waals surface area contributed by atoms with Crippen LogP contribution in [0.4, 0.5) is 0 Å². The number of aliphatic hydroxyl groups is 2. The first kappa shape index (κ1) is 69.4. The Morgan fingerprint density at radius 3 is 1.18 bits per heavy atom. The molecule has 0 saturated carbocycles. The molecule has 10 nitrogen and oxygen atoms in total. The van der Waals surface area contributed by atoms with Gasteiger partial charge in [0.1, 0.15) is 12.2 Å². The summed E-state index contributed by atoms with van der Waals surface area (Å²) in [5.41, 5.74) is 6.49. The molecule has 0 fully saturated rings. The number of ether oxygens (including phenoxy) is 2. The highest BCUT2D eigenvalue weighted by molar-refractivity contribution is 5.69. The maximum absolute atomic E-state index is 13.1. The van der Waals surface area contributed by atoms with Crippen LogP contribution >= 0.6 is 0 Å². The average Bonchev–Trinajstić information content (AvgIpc) is 3.35. The third-order valence-electron chi connectivity index (χ3n) is 14.6. The van der Waals surface area contributed by atoms with Crippen LogP contribution in [0.3, 0.4) is 0 Å². The van der Waals surface area contributed by atoms with Crippen molar-refractivity contribution in [3.05, 3.63) is 12.2 Å². The van der Waals surface area contributed by atoms with Crippen molar-refractivity contribution in [2.45, 2.75) is 335 Å². The Morgan fingerprint density at radius 1 is 0.465 bits per heavy atom. The number of hydrazine groups is 1. The third kappa shape index (κ3) is 47.9. The third-order valence-corrected chi connectivity index (χ3v) is 14.6. The smallest absolute Gasteiger partial charge is 0.306 e. The predicted octanol–water partition coefficient (Wildman–Crippen LogP) is 15.4. The standard InChI is InChI=1S/C61H122N4O6/c1-6-11-15-19-24-31-43-56(44-32-25-20-16-12-7-2)70-60(68)48-35-28-23-29-38-50-64(52-40-37-42-55(62)54-65(63)53-41-47-59(67)58(66)10-5)51-39-30-36-49-61(69)71-57(45-33-26-21-17-13-8-3)46-34-27-22-18-14-9-4/h41,47,55-59,66-67H,6-40,42-46,48-54,62-63H2,1-5H3/b47-41+. The van der Waals surface area contributed by atoms with Crippen molar-refractivity contribution in [2.75, 3.05) is 32.7 Å². The van der Waals surface area contributed by atoms with Crippen molar-refractivity contribution in [2.24, 2.45) is 11.6 Å². The minimum Gasteiger partial charge on any atom is -0.462 e. The van der Waals surface area contributed by atoms with Gasteiger partial charge in [-0.25, -0.2) is 5.01 Å². The fraction of sp³-hybridized carbons (Fsp3) is 0.934. The maximum atomic E-state index is 13.1. The Hall–Kier alpha value is -1.56. The number of aliphatic hydroxyl groups excluding tert-OH is 2. The van der Waals surface area contributed by atoms with Gasteiger partial charge in [-0.15, -0.1) is 0 Å². The van der Waals surface area contributed by atoms with E-state index in [1.54, 1.807) is 17.2 Å². The molecule has 3 unspecified atom stereocenters. The Bertz CT molecular complexity index is 1130. The summed E-state index contributed by atoms with van der Waals surface area (Å²) in [5.74, 6) is 6.21. The molecule has 6 N–H and O–H groups in total. The van der Waals surface area contributed by atoms with Gasteiger partial charge in [0.2, 0.25) is 0 Å². The van der Waals surface area contributed by atoms with Crippen LogP contribution < -0.4 is 11.6 Å². The summed E-state index contributed by atoms with van der Waals surface area (Å²) in [7, 11) is 0. The highest BCUT2D eigenvalue weighted by atomic mass is 16.5. The minimum absolute atomic E-state index is 0.00507. The molecule has 0 aromatic heterocycles. The first-order valence-corrected chi connectivity index (χ1v) is 31.0. The summed E-state index contributed by atoms with van der Waals surface area (Å²) in [6, 6.07) is -0.0345. The van der Waals surface area contributed by atoms with E-state index in [9.17, 15) is 19.8 Å². The average molecular weight is 1010 g/mol. The number of hydrogen-bond donors (Lipinski definition) is 4. The Balaban J connectivity index is 5.03. The predicted molar refractivity (Wildman–Crippen MR) is 303 cm³/mol. The molecule has 0 aromatic carbocycles. The minimum atomic E-state index is -0.883. The molecule has 0 amide bonds. The van der Waals surface area contributed by atoms with E-state index < -0.39 is 12.2 Å². The summed E-state index contributed by atoms with van der Waals surface area (Å²) in [5, 5.41) is 21.5. The Kier molecular flexibility index (Phi) is 52.1. The second-order valence-electron chi connectivity index (χ2n) is 21.7. The SMILES string of the molecule is CCCCCCCCC(CCCCCCCC)OC(=O)CCCCCCCN(CCCCCC(=O)OC(CCCCCCCC)CCCCCCCC)CCCCC(N)CN(N)C/C=C/C(O)C(O)CC. The summed E-state index contributed by atoms with van der Waals surface area (Å²) in [6.45, 7) is 15.1. The second-order valence-corrected chi connectivity index (χ2v) is 21.7. The van der Waals surface area contributed by atoms with Crippen LogP contribution in [-0.4, -0.2) is 95.2 Å². The molecular weight excluding hydrogens is 885 g/mol. The van der Waals surface area contributed by atoms with Crippen LogP contribution in [0.5, 0.6) is 0 Å². The molecule has 0 spiro atoms. The lowest BCUT2D eigenvalue weighted by Gasteiger charge is -2.23. The van der Waals surface area contributed by atoms with Gasteiger partial charge in [0, 0.05) is 32.0 Å². The van der Waals surface area contributed by atoms with Gasteiger partial charge in [-0.05, 0) is 116 Å². The number of carbonyl (C=O) groups is 2. The molecule has 71 heavy (non-hydrogen) atoms. The van der Waals surface area contributed by atoms with E-state index in [2.05, 4.69) is 32.6 Å². The first-order chi connectivity index (χ1) is 34.6. The van der Waals surface area contributed by atoms with Crippen molar-refractivity contribution < 1.29 is 29.3 Å². The second kappa shape index (κ2) is 53.3. The van der Waals surface area contributed by atoms with E-state index in [1.165, 1.54) is 141 Å². The normalized spacial score (nSPS) is 13.4. The largest absolute Gasteiger partial charge is 0.462 e. The molecule has 0 bridgehead atoms. The summed E-state index contributed by atoms with van der Waals surface area (Å²) in [4.78, 5) is 28.7. The summed E-state index contributed by atoms with van der Waals surface area (Å²) >= 11 is 0. The highest BCUT2D eigenvalue weighted by Crippen LogP contribution is 2.21. The van der Waals surface area contributed by atoms with E-state index >= 15 is 0 Å². The molecule has 0 heterocycles. The van der Waals surface area contributed by atoms with Gasteiger partial charge in [0.05, 0.1) is 12.2 Å². The van der Waals surface area contributed by atoms with Crippen molar-refractivity contribution in [3.8, 4) is 0 Å². The topological polar surface area (TPSA) is 152 Å². The summed E-state index contributed by atoms with van der Waals surface area (Å²) < 4.78 is 12.3. The quantitative estimate of drug-likeness (QED) is 0.0152. The molecular formula is C61H122N4O6. The number of nitrogens with two attached hydrogens (primary N) is 2. The molecule has 0 aliphatic carbocycles. The highest BCUT2D eigenvalue weighted by Gasteiger charge is 2.17. The number of esters is 2. The molecule has 0 aromatic rings. The van der Waals surface area contributed by atoms with E-state index in [1.807, 2.05) is 6.92 Å². The van der Waals surface area contributed by atoms with Crippen LogP contribution in [0, 0.1) is 0 Å². The van der Waals surface area contributed by atoms with Crippen molar-refractivity contribution in [1.29, 1.82) is 0 Å². The van der Waals surface area contributed by atoms with Gasteiger partial charge in [-0.1, -0.05) is 207 Å². The monoisotopic (exact) mass is 1010 g/mol. The van der Waals surface area contributed by atoms with Crippen LogP contribution in [0.15, 0.2) is 12.2 Å². The van der Waals surface area contributed by atoms with Crippen LogP contribution in [0.25, 0.3) is 0 Å². The zero-order valence-electron chi connectivity index (χ0n) is 47.9. The Morgan fingerprint density at radius 2 is 0.789 bits per heavy atom. The zero-order chi connectivity index (χ0) is 52.3. The van der Waals surface area contributed by atoms with E-state index in [0.29, 0.717) is 32.4 Å². The number of carbonyl (C=O) groups excluding carboxylic acids is 2. The lowest BCUT2D eigenvalue weighted by atomic mass is 10.0. The fourth-order valence-electron chi connectivity index (χ4n) is 9.79. The first-order valence-electron chi connectivity index (χ1n) is 31.0. The van der Waals surface area contributed by atoms with Crippen LogP contribution in [-0.2, 0) is 19.1 Å². The fourth-order valence-corrected chi connectivity index (χ4v) is 9.79. The van der Waals surface area contributed by atoms with Crippen molar-refractivity contribution in [3.63, 3.8) is 0 Å². The van der Waals surface area contributed by atoms with Gasteiger partial charge in [0.25, 0.3) is 0 Å². The zero-order valence-corrected chi connectivity index (χ0v) is 47.9. The van der Waals surface area contributed by atoms with Gasteiger partial charge in [0.15, 0.2) is 0 Å². The number of nitrogens with zero attached hydrogens (tertiary/aromatic N) is 2. The molecule has 10 heteroatoms. The molecule has 0 saturated heterocycles. The van der Waals surface area contributed by atoms with Gasteiger partial charge >= 0.3 is 11.9 Å². The lowest BCUT2D eigenvalue weighted by Crippen LogP contribution is -2.42. The molecule has 3 atom stereocenters. The van der Waals surface area contributed by atoms with Crippen LogP contribution in [0.2, 0.25) is 0 Å². The number of unbranched alkanes of at least 4 members (excludes halogenated alkanes) is 27. The molecule has 0 aliphatic rings.